The van der Waals surface area contributed by atoms with Crippen molar-refractivity contribution in [2.45, 2.75) is 50.3 Å². The third kappa shape index (κ3) is 3.91. The van der Waals surface area contributed by atoms with Crippen LogP contribution in [0.2, 0.25) is 0 Å². The average molecular weight is 481 g/mol. The number of para-hydroxylation sites is 1. The summed E-state index contributed by atoms with van der Waals surface area (Å²) < 4.78 is 0. The van der Waals surface area contributed by atoms with Crippen molar-refractivity contribution in [1.29, 1.82) is 0 Å². The Morgan fingerprint density at radius 2 is 1.67 bits per heavy atom. The number of amides is 1. The summed E-state index contributed by atoms with van der Waals surface area (Å²) in [5, 5.41) is 8.16. The molecule has 3 aliphatic rings. The molecule has 6 nitrogen and oxygen atoms in total. The van der Waals surface area contributed by atoms with E-state index < -0.39 is 0 Å². The molecule has 0 aromatic heterocycles. The zero-order chi connectivity index (χ0) is 24.7. The molecular formula is C30H32N4O2. The Balaban J connectivity index is 1.24. The van der Waals surface area contributed by atoms with Crippen molar-refractivity contribution in [3.63, 3.8) is 0 Å². The summed E-state index contributed by atoms with van der Waals surface area (Å²) in [7, 11) is 4.07. The van der Waals surface area contributed by atoms with E-state index in [1.54, 1.807) is 0 Å². The fraction of sp³-hybridized carbons (Fsp3) is 0.333. The summed E-state index contributed by atoms with van der Waals surface area (Å²) >= 11 is 0. The van der Waals surface area contributed by atoms with Gasteiger partial charge in [0.05, 0.1) is 11.3 Å². The summed E-state index contributed by atoms with van der Waals surface area (Å²) in [5.74, 6) is 0.0711. The number of nitrogens with one attached hydrogen (secondary N) is 1. The van der Waals surface area contributed by atoms with E-state index in [-0.39, 0.29) is 17.7 Å². The van der Waals surface area contributed by atoms with E-state index in [0.29, 0.717) is 0 Å². The van der Waals surface area contributed by atoms with Gasteiger partial charge in [0.1, 0.15) is 5.66 Å². The number of nitrogens with zero attached hydrogens (tertiary/aromatic N) is 3. The first-order valence-corrected chi connectivity index (χ1v) is 12.9. The number of anilines is 3. The van der Waals surface area contributed by atoms with Crippen LogP contribution in [0.4, 0.5) is 17.1 Å². The number of hydrogen-bond donors (Lipinski definition) is 1. The Bertz CT molecular complexity index is 1290. The van der Waals surface area contributed by atoms with Gasteiger partial charge < -0.3 is 15.1 Å². The van der Waals surface area contributed by atoms with Crippen LogP contribution in [0, 0.1) is 0 Å². The van der Waals surface area contributed by atoms with Crippen molar-refractivity contribution in [2.75, 3.05) is 29.2 Å². The van der Waals surface area contributed by atoms with Gasteiger partial charge in [0.2, 0.25) is 0 Å². The molecule has 3 aromatic rings. The van der Waals surface area contributed by atoms with Crippen LogP contribution in [0.25, 0.3) is 0 Å². The molecule has 0 radical (unpaired) electrons. The van der Waals surface area contributed by atoms with Gasteiger partial charge >= 0.3 is 0 Å². The Labute approximate surface area is 212 Å². The van der Waals surface area contributed by atoms with Crippen molar-refractivity contribution in [3.05, 3.63) is 89.5 Å². The standard InChI is InChI=1S/C30H32N4O2/c1-33(2)23-14-12-22(13-15-23)28-20-27(32-36-28)21-10-16-24(17-11-21)34-29(35)25-8-4-5-9-26(25)31-30(34)18-6-3-7-19-30/h4-5,8-17,28,31H,3,6-7,18-20H2,1-2H3. The summed E-state index contributed by atoms with van der Waals surface area (Å²) in [4.78, 5) is 23.6. The quantitative estimate of drug-likeness (QED) is 0.473. The number of hydrogen-bond acceptors (Lipinski definition) is 5. The molecule has 2 aliphatic heterocycles. The summed E-state index contributed by atoms with van der Waals surface area (Å²) in [5.41, 5.74) is 6.47. The SMILES string of the molecule is CN(C)c1ccc(C2CC(c3ccc(N4C(=O)c5ccccc5NC45CCCCC5)cc3)=NO2)cc1. The summed E-state index contributed by atoms with van der Waals surface area (Å²) in [6.45, 7) is 0. The van der Waals surface area contributed by atoms with Crippen LogP contribution in [0.5, 0.6) is 0 Å². The van der Waals surface area contributed by atoms with Crippen molar-refractivity contribution in [3.8, 4) is 0 Å². The molecule has 2 heterocycles. The highest BCUT2D eigenvalue weighted by molar-refractivity contribution is 6.13. The Hall–Kier alpha value is -3.80. The van der Waals surface area contributed by atoms with Gasteiger partial charge in [-0.25, -0.2) is 0 Å². The molecule has 0 bridgehead atoms. The maximum atomic E-state index is 13.7. The lowest BCUT2D eigenvalue weighted by atomic mass is 9.84. The molecule has 1 fully saturated rings. The maximum Gasteiger partial charge on any atom is 0.262 e. The molecule has 6 rings (SSSR count). The van der Waals surface area contributed by atoms with Gasteiger partial charge in [-0.1, -0.05) is 48.0 Å². The molecule has 36 heavy (non-hydrogen) atoms. The van der Waals surface area contributed by atoms with E-state index in [1.165, 1.54) is 6.42 Å². The molecule has 184 valence electrons. The van der Waals surface area contributed by atoms with Crippen molar-refractivity contribution in [1.82, 2.24) is 0 Å². The van der Waals surface area contributed by atoms with Gasteiger partial charge in [-0.3, -0.25) is 9.69 Å². The lowest BCUT2D eigenvalue weighted by molar-refractivity contribution is 0.0857. The molecule has 3 aromatic carbocycles. The monoisotopic (exact) mass is 480 g/mol. The number of carbonyl (C=O) groups is 1. The fourth-order valence-corrected chi connectivity index (χ4v) is 5.77. The highest BCUT2D eigenvalue weighted by atomic mass is 16.6. The van der Waals surface area contributed by atoms with Crippen LogP contribution in [0.1, 0.15) is 66.1 Å². The van der Waals surface area contributed by atoms with Gasteiger partial charge in [0.25, 0.3) is 5.91 Å². The van der Waals surface area contributed by atoms with E-state index in [0.717, 1.165) is 71.6 Å². The first-order valence-electron chi connectivity index (χ1n) is 12.9. The van der Waals surface area contributed by atoms with E-state index in [1.807, 2.05) is 43.3 Å². The number of fused-ring (bicyclic) bond motifs is 1. The summed E-state index contributed by atoms with van der Waals surface area (Å²) in [6.07, 6.45) is 5.98. The fourth-order valence-electron chi connectivity index (χ4n) is 5.77. The predicted molar refractivity (Wildman–Crippen MR) is 145 cm³/mol. The Morgan fingerprint density at radius 3 is 2.39 bits per heavy atom. The largest absolute Gasteiger partial charge is 0.387 e. The number of benzene rings is 3. The molecule has 1 atom stereocenters. The Kier molecular flexibility index (Phi) is 5.67. The number of carbonyl (C=O) groups excluding carboxylic acids is 1. The van der Waals surface area contributed by atoms with Crippen LogP contribution in [0.3, 0.4) is 0 Å². The molecule has 6 heteroatoms. The first kappa shape index (κ1) is 22.7. The van der Waals surface area contributed by atoms with Crippen LogP contribution in [0.15, 0.2) is 78.0 Å². The van der Waals surface area contributed by atoms with E-state index in [2.05, 4.69) is 63.9 Å². The van der Waals surface area contributed by atoms with Crippen LogP contribution in [-0.2, 0) is 4.84 Å². The topological polar surface area (TPSA) is 57.2 Å². The van der Waals surface area contributed by atoms with Crippen molar-refractivity contribution < 1.29 is 9.63 Å². The smallest absolute Gasteiger partial charge is 0.262 e. The average Bonchev–Trinajstić information content (AvgIpc) is 3.40. The highest BCUT2D eigenvalue weighted by Gasteiger charge is 2.46. The zero-order valence-corrected chi connectivity index (χ0v) is 20.9. The van der Waals surface area contributed by atoms with E-state index >= 15 is 0 Å². The van der Waals surface area contributed by atoms with Crippen molar-refractivity contribution >= 4 is 28.7 Å². The third-order valence-corrected chi connectivity index (χ3v) is 7.75. The highest BCUT2D eigenvalue weighted by Crippen LogP contribution is 2.43. The van der Waals surface area contributed by atoms with Crippen LogP contribution < -0.4 is 15.1 Å². The van der Waals surface area contributed by atoms with Gasteiger partial charge in [0.15, 0.2) is 6.10 Å². The zero-order valence-electron chi connectivity index (χ0n) is 20.9. The molecule has 1 N–H and O–H groups in total. The molecule has 1 unspecified atom stereocenters. The van der Waals surface area contributed by atoms with Crippen LogP contribution >= 0.6 is 0 Å². The van der Waals surface area contributed by atoms with Gasteiger partial charge in [0, 0.05) is 37.6 Å². The van der Waals surface area contributed by atoms with Gasteiger partial charge in [-0.2, -0.15) is 0 Å². The van der Waals surface area contributed by atoms with E-state index in [9.17, 15) is 4.79 Å². The molecule has 1 aliphatic carbocycles. The van der Waals surface area contributed by atoms with Gasteiger partial charge in [-0.15, -0.1) is 0 Å². The van der Waals surface area contributed by atoms with E-state index in [4.69, 9.17) is 4.84 Å². The molecular weight excluding hydrogens is 448 g/mol. The number of rotatable bonds is 4. The van der Waals surface area contributed by atoms with Gasteiger partial charge in [-0.05, 0) is 73.2 Å². The minimum Gasteiger partial charge on any atom is -0.387 e. The maximum absolute atomic E-state index is 13.7. The molecule has 1 spiro atoms. The molecule has 1 amide bonds. The first-order chi connectivity index (χ1) is 17.5. The molecule has 1 saturated carbocycles. The minimum atomic E-state index is -0.372. The normalized spacial score (nSPS) is 20.4. The predicted octanol–water partition coefficient (Wildman–Crippen LogP) is 6.35. The van der Waals surface area contributed by atoms with Crippen LogP contribution in [-0.4, -0.2) is 31.4 Å². The second-order valence-corrected chi connectivity index (χ2v) is 10.3. The lowest BCUT2D eigenvalue weighted by Gasteiger charge is -2.50. The summed E-state index contributed by atoms with van der Waals surface area (Å²) in [6, 6.07) is 24.5. The minimum absolute atomic E-state index is 0.0711. The third-order valence-electron chi connectivity index (χ3n) is 7.75. The Morgan fingerprint density at radius 1 is 0.944 bits per heavy atom. The number of oxime groups is 1. The second-order valence-electron chi connectivity index (χ2n) is 10.3. The van der Waals surface area contributed by atoms with Crippen molar-refractivity contribution in [2.24, 2.45) is 5.16 Å². The second kappa shape index (κ2) is 9.01. The molecule has 0 saturated heterocycles. The lowest BCUT2D eigenvalue weighted by Crippen LogP contribution is -2.61.